The Kier molecular flexibility index (Phi) is 22.0. The summed E-state index contributed by atoms with van der Waals surface area (Å²) in [4.78, 5) is 24.5. The van der Waals surface area contributed by atoms with Crippen molar-refractivity contribution >= 4 is 11.9 Å². The summed E-state index contributed by atoms with van der Waals surface area (Å²) in [6.45, 7) is 2.98. The SMILES string of the molecule is CC/C=C\C/C=C\C/C=C\CCCCCCCC(=O)OC(COC(=O)CCCC)COC1OC(CO)C(O)C(O)C1O. The highest BCUT2D eigenvalue weighted by Gasteiger charge is 2.44. The van der Waals surface area contributed by atoms with Crippen LogP contribution in [0.25, 0.3) is 0 Å². The number of esters is 2. The van der Waals surface area contributed by atoms with Gasteiger partial charge in [-0.15, -0.1) is 0 Å². The quantitative estimate of drug-likeness (QED) is 0.0770. The van der Waals surface area contributed by atoms with Crippen LogP contribution in [0.4, 0.5) is 0 Å². The van der Waals surface area contributed by atoms with Crippen LogP contribution in [0, 0.1) is 0 Å². The largest absolute Gasteiger partial charge is 0.462 e. The fraction of sp³-hybridized carbons (Fsp3) is 0.750. The Morgan fingerprint density at radius 3 is 2.10 bits per heavy atom. The average Bonchev–Trinajstić information content (AvgIpc) is 2.98. The van der Waals surface area contributed by atoms with Gasteiger partial charge in [0.05, 0.1) is 13.2 Å². The summed E-state index contributed by atoms with van der Waals surface area (Å²) in [6, 6.07) is 0. The minimum absolute atomic E-state index is 0.208. The van der Waals surface area contributed by atoms with E-state index in [9.17, 15) is 30.0 Å². The van der Waals surface area contributed by atoms with Crippen LogP contribution in [0.15, 0.2) is 36.5 Å². The number of rotatable bonds is 23. The van der Waals surface area contributed by atoms with E-state index in [-0.39, 0.29) is 26.1 Å². The first kappa shape index (κ1) is 37.9. The molecular formula is C32H54O10. The molecule has 0 aromatic rings. The molecule has 4 N–H and O–H groups in total. The third kappa shape index (κ3) is 17.1. The molecule has 0 bridgehead atoms. The zero-order chi connectivity index (χ0) is 31.0. The summed E-state index contributed by atoms with van der Waals surface area (Å²) in [6.07, 6.45) is 15.7. The fourth-order valence-electron chi connectivity index (χ4n) is 4.24. The highest BCUT2D eigenvalue weighted by Crippen LogP contribution is 2.22. The molecule has 1 rings (SSSR count). The van der Waals surface area contributed by atoms with Gasteiger partial charge in [-0.25, -0.2) is 0 Å². The Hall–Kier alpha value is -2.08. The molecule has 1 aliphatic rings. The number of hydrogen-bond acceptors (Lipinski definition) is 10. The second-order valence-corrected chi connectivity index (χ2v) is 10.5. The molecule has 0 saturated carbocycles. The molecule has 0 spiro atoms. The average molecular weight is 599 g/mol. The minimum Gasteiger partial charge on any atom is -0.462 e. The smallest absolute Gasteiger partial charge is 0.306 e. The molecule has 10 heteroatoms. The van der Waals surface area contributed by atoms with E-state index >= 15 is 0 Å². The van der Waals surface area contributed by atoms with Crippen molar-refractivity contribution in [3.63, 3.8) is 0 Å². The van der Waals surface area contributed by atoms with Crippen molar-refractivity contribution in [1.29, 1.82) is 0 Å². The van der Waals surface area contributed by atoms with Crippen molar-refractivity contribution in [1.82, 2.24) is 0 Å². The van der Waals surface area contributed by atoms with Crippen molar-refractivity contribution in [3.8, 4) is 0 Å². The lowest BCUT2D eigenvalue weighted by atomic mass is 9.99. The number of carbonyl (C=O) groups is 2. The van der Waals surface area contributed by atoms with Gasteiger partial charge in [-0.2, -0.15) is 0 Å². The van der Waals surface area contributed by atoms with Gasteiger partial charge in [0.1, 0.15) is 31.0 Å². The van der Waals surface area contributed by atoms with Crippen molar-refractivity contribution in [2.24, 2.45) is 0 Å². The van der Waals surface area contributed by atoms with Gasteiger partial charge in [-0.3, -0.25) is 9.59 Å². The number of carbonyl (C=O) groups excluding carboxylic acids is 2. The topological polar surface area (TPSA) is 152 Å². The minimum atomic E-state index is -1.59. The Labute approximate surface area is 251 Å². The van der Waals surface area contributed by atoms with E-state index in [1.54, 1.807) is 0 Å². The van der Waals surface area contributed by atoms with Gasteiger partial charge in [-0.1, -0.05) is 76.0 Å². The molecule has 0 aromatic heterocycles. The van der Waals surface area contributed by atoms with Gasteiger partial charge in [0.2, 0.25) is 0 Å². The molecule has 42 heavy (non-hydrogen) atoms. The van der Waals surface area contributed by atoms with E-state index in [0.29, 0.717) is 12.8 Å². The number of ether oxygens (including phenoxy) is 4. The summed E-state index contributed by atoms with van der Waals surface area (Å²) in [5.41, 5.74) is 0. The molecule has 1 fully saturated rings. The Bertz CT molecular complexity index is 794. The molecule has 0 radical (unpaired) electrons. The Morgan fingerprint density at radius 2 is 1.40 bits per heavy atom. The Morgan fingerprint density at radius 1 is 0.762 bits per heavy atom. The van der Waals surface area contributed by atoms with Crippen LogP contribution >= 0.6 is 0 Å². The molecule has 1 saturated heterocycles. The normalized spacial score (nSPS) is 23.6. The molecular weight excluding hydrogens is 544 g/mol. The highest BCUT2D eigenvalue weighted by atomic mass is 16.7. The van der Waals surface area contributed by atoms with Crippen LogP contribution < -0.4 is 0 Å². The summed E-state index contributed by atoms with van der Waals surface area (Å²) in [5.74, 6) is -0.875. The number of aliphatic hydroxyl groups excluding tert-OH is 4. The fourth-order valence-corrected chi connectivity index (χ4v) is 4.24. The molecule has 1 heterocycles. The van der Waals surface area contributed by atoms with Gasteiger partial charge < -0.3 is 39.4 Å². The van der Waals surface area contributed by atoms with Crippen LogP contribution in [0.2, 0.25) is 0 Å². The van der Waals surface area contributed by atoms with Crippen LogP contribution in [0.1, 0.15) is 97.3 Å². The standard InChI is InChI=1S/C32H54O10/c1-3-5-7-8-9-10-11-12-13-14-15-16-17-18-19-21-28(35)41-25(23-39-27(34)20-6-4-2)24-40-32-31(38)30(37)29(36)26(22-33)42-32/h5,7,9-10,12-13,25-26,29-33,36-38H,3-4,6,8,11,14-24H2,1-2H3/b7-5-,10-9-,13-12-. The van der Waals surface area contributed by atoms with Crippen molar-refractivity contribution in [2.45, 2.75) is 134 Å². The van der Waals surface area contributed by atoms with Gasteiger partial charge in [0.25, 0.3) is 0 Å². The maximum Gasteiger partial charge on any atom is 0.306 e. The molecule has 0 aliphatic carbocycles. The third-order valence-electron chi connectivity index (χ3n) is 6.79. The molecule has 6 atom stereocenters. The predicted octanol–water partition coefficient (Wildman–Crippen LogP) is 4.04. The number of aliphatic hydroxyl groups is 4. The Balaban J connectivity index is 2.37. The predicted molar refractivity (Wildman–Crippen MR) is 159 cm³/mol. The van der Waals surface area contributed by atoms with Crippen LogP contribution in [0.3, 0.4) is 0 Å². The van der Waals surface area contributed by atoms with E-state index < -0.39 is 55.4 Å². The number of allylic oxidation sites excluding steroid dienone is 6. The first-order valence-corrected chi connectivity index (χ1v) is 15.6. The molecule has 10 nitrogen and oxygen atoms in total. The first-order valence-electron chi connectivity index (χ1n) is 15.6. The highest BCUT2D eigenvalue weighted by molar-refractivity contribution is 5.70. The molecule has 0 amide bonds. The van der Waals surface area contributed by atoms with E-state index in [4.69, 9.17) is 18.9 Å². The molecule has 242 valence electrons. The number of hydrogen-bond donors (Lipinski definition) is 4. The zero-order valence-electron chi connectivity index (χ0n) is 25.5. The first-order chi connectivity index (χ1) is 20.3. The summed E-state index contributed by atoms with van der Waals surface area (Å²) in [7, 11) is 0. The van der Waals surface area contributed by atoms with Crippen molar-refractivity contribution in [3.05, 3.63) is 36.5 Å². The van der Waals surface area contributed by atoms with Gasteiger partial charge in [0.15, 0.2) is 12.4 Å². The van der Waals surface area contributed by atoms with E-state index in [1.165, 1.54) is 0 Å². The van der Waals surface area contributed by atoms with E-state index in [1.807, 2.05) is 6.92 Å². The maximum atomic E-state index is 12.5. The summed E-state index contributed by atoms with van der Waals surface area (Å²) in [5, 5.41) is 39.5. The summed E-state index contributed by atoms with van der Waals surface area (Å²) >= 11 is 0. The lowest BCUT2D eigenvalue weighted by Crippen LogP contribution is -2.59. The lowest BCUT2D eigenvalue weighted by Gasteiger charge is -2.39. The van der Waals surface area contributed by atoms with E-state index in [0.717, 1.165) is 57.8 Å². The zero-order valence-corrected chi connectivity index (χ0v) is 25.5. The van der Waals surface area contributed by atoms with Crippen LogP contribution in [-0.2, 0) is 28.5 Å². The van der Waals surface area contributed by atoms with Gasteiger partial charge >= 0.3 is 11.9 Å². The van der Waals surface area contributed by atoms with Gasteiger partial charge in [-0.05, 0) is 44.9 Å². The second-order valence-electron chi connectivity index (χ2n) is 10.5. The van der Waals surface area contributed by atoms with Gasteiger partial charge in [0, 0.05) is 12.8 Å². The van der Waals surface area contributed by atoms with Crippen LogP contribution in [-0.4, -0.2) is 89.0 Å². The molecule has 6 unspecified atom stereocenters. The number of unbranched alkanes of at least 4 members (excludes halogenated alkanes) is 6. The van der Waals surface area contributed by atoms with E-state index in [2.05, 4.69) is 43.4 Å². The molecule has 0 aromatic carbocycles. The third-order valence-corrected chi connectivity index (χ3v) is 6.79. The lowest BCUT2D eigenvalue weighted by molar-refractivity contribution is -0.305. The summed E-state index contributed by atoms with van der Waals surface area (Å²) < 4.78 is 21.6. The maximum absolute atomic E-state index is 12.5. The van der Waals surface area contributed by atoms with Crippen molar-refractivity contribution < 1.29 is 49.0 Å². The molecule has 1 aliphatic heterocycles. The van der Waals surface area contributed by atoms with Crippen molar-refractivity contribution in [2.75, 3.05) is 19.8 Å². The second kappa shape index (κ2) is 24.4. The van der Waals surface area contributed by atoms with Crippen LogP contribution in [0.5, 0.6) is 0 Å². The monoisotopic (exact) mass is 598 g/mol.